The van der Waals surface area contributed by atoms with Crippen molar-refractivity contribution < 1.29 is 13.9 Å². The molecule has 0 spiro atoms. The van der Waals surface area contributed by atoms with Gasteiger partial charge in [0, 0.05) is 0 Å². The first-order chi connectivity index (χ1) is 14.2. The quantitative estimate of drug-likeness (QED) is 0.418. The second kappa shape index (κ2) is 9.06. The van der Waals surface area contributed by atoms with Gasteiger partial charge in [-0.05, 0) is 30.7 Å². The normalized spacial score (nSPS) is 10.9. The molecule has 1 N–H and O–H groups in total. The highest BCUT2D eigenvalue weighted by Gasteiger charge is 2.12. The number of carbonyl (C=O) groups is 1. The van der Waals surface area contributed by atoms with E-state index in [1.165, 1.54) is 23.1 Å². The number of nitrogens with one attached hydrogen (secondary N) is 1. The zero-order valence-electron chi connectivity index (χ0n) is 15.6. The number of carbonyl (C=O) groups excluding carboxylic acids is 1. The number of thioether (sulfide) groups is 1. The van der Waals surface area contributed by atoms with E-state index >= 15 is 0 Å². The molecule has 4 aromatic rings. The van der Waals surface area contributed by atoms with E-state index in [0.717, 1.165) is 21.5 Å². The third kappa shape index (κ3) is 5.12. The van der Waals surface area contributed by atoms with Gasteiger partial charge in [0.05, 0.1) is 29.0 Å². The smallest absolute Gasteiger partial charge is 0.277 e. The molecule has 9 heteroatoms. The SMILES string of the molecule is CCOc1ccc2nc(NC(=O)CSc3nnc(Cc4ccccc4)o3)sc2c1. The van der Waals surface area contributed by atoms with Crippen molar-refractivity contribution in [3.8, 4) is 5.75 Å². The van der Waals surface area contributed by atoms with E-state index in [9.17, 15) is 4.79 Å². The van der Waals surface area contributed by atoms with Crippen LogP contribution in [-0.4, -0.2) is 33.4 Å². The molecule has 2 aromatic carbocycles. The predicted molar refractivity (Wildman–Crippen MR) is 114 cm³/mol. The third-order valence-corrected chi connectivity index (χ3v) is 5.64. The van der Waals surface area contributed by atoms with E-state index in [4.69, 9.17) is 9.15 Å². The van der Waals surface area contributed by atoms with Gasteiger partial charge in [0.1, 0.15) is 5.75 Å². The molecule has 29 heavy (non-hydrogen) atoms. The lowest BCUT2D eigenvalue weighted by Gasteiger charge is -2.00. The van der Waals surface area contributed by atoms with E-state index in [-0.39, 0.29) is 11.7 Å². The third-order valence-electron chi connectivity index (χ3n) is 3.89. The summed E-state index contributed by atoms with van der Waals surface area (Å²) in [5.74, 6) is 1.30. The van der Waals surface area contributed by atoms with Crippen molar-refractivity contribution in [3.05, 3.63) is 60.0 Å². The number of rotatable bonds is 8. The van der Waals surface area contributed by atoms with Gasteiger partial charge in [-0.25, -0.2) is 4.98 Å². The number of amides is 1. The van der Waals surface area contributed by atoms with Gasteiger partial charge in [0.15, 0.2) is 5.13 Å². The Hall–Kier alpha value is -2.91. The van der Waals surface area contributed by atoms with Gasteiger partial charge >= 0.3 is 0 Å². The van der Waals surface area contributed by atoms with Crippen LogP contribution >= 0.6 is 23.1 Å². The standard InChI is InChI=1S/C20H18N4O3S2/c1-2-26-14-8-9-15-16(11-14)29-19(21-15)22-17(25)12-28-20-24-23-18(27-20)10-13-6-4-3-5-7-13/h3-9,11H,2,10,12H2,1H3,(H,21,22,25). The largest absolute Gasteiger partial charge is 0.494 e. The molecule has 0 fully saturated rings. The highest BCUT2D eigenvalue weighted by molar-refractivity contribution is 7.99. The Kier molecular flexibility index (Phi) is 6.06. The van der Waals surface area contributed by atoms with Gasteiger partial charge in [0.2, 0.25) is 11.8 Å². The van der Waals surface area contributed by atoms with Crippen molar-refractivity contribution in [2.24, 2.45) is 0 Å². The first kappa shape index (κ1) is 19.4. The monoisotopic (exact) mass is 426 g/mol. The maximum absolute atomic E-state index is 12.3. The topological polar surface area (TPSA) is 90.1 Å². The van der Waals surface area contributed by atoms with Crippen molar-refractivity contribution in [1.82, 2.24) is 15.2 Å². The number of ether oxygens (including phenoxy) is 1. The fourth-order valence-electron chi connectivity index (χ4n) is 2.64. The second-order valence-corrected chi connectivity index (χ2v) is 8.00. The average molecular weight is 427 g/mol. The van der Waals surface area contributed by atoms with Gasteiger partial charge in [-0.15, -0.1) is 10.2 Å². The molecule has 0 aliphatic carbocycles. The Labute approximate surface area is 175 Å². The van der Waals surface area contributed by atoms with Crippen LogP contribution in [0.15, 0.2) is 58.2 Å². The lowest BCUT2D eigenvalue weighted by molar-refractivity contribution is -0.113. The van der Waals surface area contributed by atoms with Gasteiger partial charge in [0.25, 0.3) is 5.22 Å². The Bertz CT molecular complexity index is 1110. The number of hydrogen-bond acceptors (Lipinski definition) is 8. The summed E-state index contributed by atoms with van der Waals surface area (Å²) in [6, 6.07) is 15.6. The number of thiazole rings is 1. The molecule has 0 bridgehead atoms. The van der Waals surface area contributed by atoms with Crippen molar-refractivity contribution in [2.75, 3.05) is 17.7 Å². The van der Waals surface area contributed by atoms with Crippen molar-refractivity contribution >= 4 is 44.4 Å². The summed E-state index contributed by atoms with van der Waals surface area (Å²) in [7, 11) is 0. The number of fused-ring (bicyclic) bond motifs is 1. The molecular formula is C20H18N4O3S2. The first-order valence-electron chi connectivity index (χ1n) is 9.02. The summed E-state index contributed by atoms with van der Waals surface area (Å²) in [6.45, 7) is 2.54. The fourth-order valence-corrected chi connectivity index (χ4v) is 4.13. The van der Waals surface area contributed by atoms with Crippen LogP contribution in [0.25, 0.3) is 10.2 Å². The fraction of sp³-hybridized carbons (Fsp3) is 0.200. The zero-order valence-corrected chi connectivity index (χ0v) is 17.3. The molecule has 7 nitrogen and oxygen atoms in total. The van der Waals surface area contributed by atoms with Crippen LogP contribution < -0.4 is 10.1 Å². The predicted octanol–water partition coefficient (Wildman–Crippen LogP) is 4.40. The number of aromatic nitrogens is 3. The van der Waals surface area contributed by atoms with Crippen LogP contribution in [0.5, 0.6) is 5.75 Å². The highest BCUT2D eigenvalue weighted by atomic mass is 32.2. The molecule has 0 saturated heterocycles. The minimum atomic E-state index is -0.179. The van der Waals surface area contributed by atoms with Crippen LogP contribution in [-0.2, 0) is 11.2 Å². The van der Waals surface area contributed by atoms with E-state index in [0.29, 0.717) is 29.3 Å². The number of benzene rings is 2. The molecule has 1 amide bonds. The van der Waals surface area contributed by atoms with Crippen LogP contribution in [0.2, 0.25) is 0 Å². The zero-order chi connectivity index (χ0) is 20.1. The summed E-state index contributed by atoms with van der Waals surface area (Å²) < 4.78 is 12.1. The Morgan fingerprint density at radius 2 is 2.07 bits per heavy atom. The van der Waals surface area contributed by atoms with Crippen molar-refractivity contribution in [2.45, 2.75) is 18.6 Å². The maximum Gasteiger partial charge on any atom is 0.277 e. The molecule has 0 saturated carbocycles. The molecular weight excluding hydrogens is 408 g/mol. The number of anilines is 1. The van der Waals surface area contributed by atoms with Crippen LogP contribution in [0.4, 0.5) is 5.13 Å². The minimum Gasteiger partial charge on any atom is -0.494 e. The molecule has 4 rings (SSSR count). The van der Waals surface area contributed by atoms with E-state index in [1.807, 2.05) is 55.5 Å². The van der Waals surface area contributed by atoms with Crippen molar-refractivity contribution in [3.63, 3.8) is 0 Å². The summed E-state index contributed by atoms with van der Waals surface area (Å²) in [5, 5.41) is 11.8. The molecule has 0 aliphatic rings. The molecule has 0 atom stereocenters. The molecule has 0 radical (unpaired) electrons. The van der Waals surface area contributed by atoms with Crippen LogP contribution in [0.1, 0.15) is 18.4 Å². The van der Waals surface area contributed by atoms with Crippen molar-refractivity contribution in [1.29, 1.82) is 0 Å². The van der Waals surface area contributed by atoms with Gasteiger partial charge in [-0.1, -0.05) is 53.4 Å². The molecule has 0 unspecified atom stereocenters. The minimum absolute atomic E-state index is 0.160. The van der Waals surface area contributed by atoms with E-state index in [2.05, 4.69) is 20.5 Å². The Balaban J connectivity index is 1.31. The first-order valence-corrected chi connectivity index (χ1v) is 10.8. The summed E-state index contributed by atoms with van der Waals surface area (Å²) in [5.41, 5.74) is 1.91. The highest BCUT2D eigenvalue weighted by Crippen LogP contribution is 2.29. The van der Waals surface area contributed by atoms with Crippen LogP contribution in [0.3, 0.4) is 0 Å². The maximum atomic E-state index is 12.3. The Morgan fingerprint density at radius 3 is 2.90 bits per heavy atom. The number of nitrogens with zero attached hydrogens (tertiary/aromatic N) is 3. The van der Waals surface area contributed by atoms with E-state index < -0.39 is 0 Å². The van der Waals surface area contributed by atoms with Gasteiger partial charge < -0.3 is 14.5 Å². The molecule has 148 valence electrons. The lowest BCUT2D eigenvalue weighted by atomic mass is 10.2. The summed E-state index contributed by atoms with van der Waals surface area (Å²) in [4.78, 5) is 16.7. The van der Waals surface area contributed by atoms with Gasteiger partial charge in [-0.3, -0.25) is 4.79 Å². The lowest BCUT2D eigenvalue weighted by Crippen LogP contribution is -2.13. The molecule has 2 heterocycles. The molecule has 0 aliphatic heterocycles. The van der Waals surface area contributed by atoms with E-state index in [1.54, 1.807) is 0 Å². The van der Waals surface area contributed by atoms with Crippen LogP contribution in [0, 0.1) is 0 Å². The second-order valence-electron chi connectivity index (χ2n) is 6.04. The molecule has 2 aromatic heterocycles. The number of hydrogen-bond donors (Lipinski definition) is 1. The van der Waals surface area contributed by atoms with Gasteiger partial charge in [-0.2, -0.15) is 0 Å². The summed E-state index contributed by atoms with van der Waals surface area (Å²) >= 11 is 2.61. The average Bonchev–Trinajstić information content (AvgIpc) is 3.33. The Morgan fingerprint density at radius 1 is 1.21 bits per heavy atom. The summed E-state index contributed by atoms with van der Waals surface area (Å²) in [6.07, 6.45) is 0.566.